The van der Waals surface area contributed by atoms with Crippen LogP contribution in [0.1, 0.15) is 53.0 Å². The van der Waals surface area contributed by atoms with Crippen LogP contribution in [0.25, 0.3) is 0 Å². The predicted octanol–water partition coefficient (Wildman–Crippen LogP) is 5.46. The summed E-state index contributed by atoms with van der Waals surface area (Å²) >= 11 is 0. The number of hydrogen-bond donors (Lipinski definition) is 0. The third kappa shape index (κ3) is 11.2. The van der Waals surface area contributed by atoms with Crippen LogP contribution < -0.4 is 0 Å². The van der Waals surface area contributed by atoms with Gasteiger partial charge in [-0.3, -0.25) is 6.08 Å². The Balaban J connectivity index is -0.000000143. The van der Waals surface area contributed by atoms with Crippen molar-refractivity contribution in [3.8, 4) is 0 Å². The summed E-state index contributed by atoms with van der Waals surface area (Å²) in [5.74, 6) is 0.742. The van der Waals surface area contributed by atoms with Gasteiger partial charge in [-0.25, -0.2) is 10.8 Å². The Labute approximate surface area is 185 Å². The summed E-state index contributed by atoms with van der Waals surface area (Å²) in [6.07, 6.45) is 8.05. The Kier molecular flexibility index (Phi) is 21.1. The van der Waals surface area contributed by atoms with Gasteiger partial charge < -0.3 is 0 Å². The van der Waals surface area contributed by atoms with Crippen LogP contribution in [0.5, 0.6) is 0 Å². The van der Waals surface area contributed by atoms with Crippen molar-refractivity contribution in [3.63, 3.8) is 0 Å². The van der Waals surface area contributed by atoms with E-state index in [9.17, 15) is 0 Å². The van der Waals surface area contributed by atoms with E-state index < -0.39 is 0 Å². The van der Waals surface area contributed by atoms with E-state index in [0.29, 0.717) is 0 Å². The largest absolute Gasteiger partial charge is 2.00 e. The van der Waals surface area contributed by atoms with E-state index in [2.05, 4.69) is 65.0 Å². The minimum Gasteiger partial charge on any atom is -0.269 e. The molecule has 1 aromatic rings. The van der Waals surface area contributed by atoms with E-state index in [1.165, 1.54) is 27.8 Å². The molecule has 0 aliphatic heterocycles. The molecule has 2 rings (SSSR count). The molecule has 1 atom stereocenters. The van der Waals surface area contributed by atoms with E-state index in [4.69, 9.17) is 0 Å². The van der Waals surface area contributed by atoms with Gasteiger partial charge in [0.2, 0.25) is 0 Å². The predicted molar refractivity (Wildman–Crippen MR) is 115 cm³/mol. The van der Waals surface area contributed by atoms with Gasteiger partial charge >= 0.3 is 21.7 Å². The minimum absolute atomic E-state index is 0. The van der Waals surface area contributed by atoms with Crippen LogP contribution in [-0.4, -0.2) is 10.2 Å². The summed E-state index contributed by atoms with van der Waals surface area (Å²) in [5.41, 5.74) is 3.02. The van der Waals surface area contributed by atoms with Crippen molar-refractivity contribution in [2.24, 2.45) is 5.92 Å². The third-order valence-electron chi connectivity index (χ3n) is 3.75. The first-order valence-corrected chi connectivity index (χ1v) is 8.61. The molecule has 0 saturated heterocycles. The third-order valence-corrected chi connectivity index (χ3v) is 4.69. The second-order valence-electron chi connectivity index (χ2n) is 6.52. The van der Waals surface area contributed by atoms with Crippen LogP contribution in [-0.2, 0) is 27.1 Å². The van der Waals surface area contributed by atoms with Crippen LogP contribution in [0.4, 0.5) is 0 Å². The average molecular weight is 442 g/mol. The van der Waals surface area contributed by atoms with Gasteiger partial charge in [0.05, 0.1) is 0 Å². The zero-order chi connectivity index (χ0) is 15.2. The quantitative estimate of drug-likeness (QED) is 0.422. The van der Waals surface area contributed by atoms with Gasteiger partial charge in [-0.05, 0) is 15.7 Å². The van der Waals surface area contributed by atoms with Crippen molar-refractivity contribution in [3.05, 3.63) is 58.8 Å². The van der Waals surface area contributed by atoms with Gasteiger partial charge in [0, 0.05) is 0 Å². The van der Waals surface area contributed by atoms with Crippen LogP contribution in [0, 0.1) is 18.1 Å². The Hall–Kier alpha value is 0.501. The monoisotopic (exact) mass is 440 g/mol. The molecule has 0 spiro atoms. The van der Waals surface area contributed by atoms with Gasteiger partial charge in [-0.1, -0.05) is 47.0 Å². The second-order valence-corrected chi connectivity index (χ2v) is 7.59. The zero-order valence-electron chi connectivity index (χ0n) is 15.6. The summed E-state index contributed by atoms with van der Waals surface area (Å²) < 4.78 is 0. The van der Waals surface area contributed by atoms with Crippen LogP contribution >= 0.6 is 37.2 Å². The standard InChI is InChI=1S/C10H13.C9H15Si.3ClH.Ti/c1-10(2,3)9-7-5-4-6-8-9;1-3-7(2)8-5-4-6-9(8)10;;;;/h4-7H,1-3H3;6-7H,3-4H2,1-2,10H3;3*1H;/q2*-1;;;;+2. The molecule has 0 aromatic heterocycles. The zero-order valence-corrected chi connectivity index (χ0v) is 21.6. The van der Waals surface area contributed by atoms with Crippen LogP contribution in [0.15, 0.2) is 41.1 Å². The maximum Gasteiger partial charge on any atom is 2.00 e. The summed E-state index contributed by atoms with van der Waals surface area (Å²) in [6, 6.07) is 11.3. The van der Waals surface area contributed by atoms with Crippen molar-refractivity contribution >= 4 is 47.5 Å². The van der Waals surface area contributed by atoms with Gasteiger partial charge in [-0.15, -0.1) is 43.6 Å². The van der Waals surface area contributed by atoms with Gasteiger partial charge in [0.1, 0.15) is 0 Å². The molecule has 24 heavy (non-hydrogen) atoms. The molecule has 1 aromatic carbocycles. The summed E-state index contributed by atoms with van der Waals surface area (Å²) in [6.45, 7) is 11.1. The molecule has 0 radical (unpaired) electrons. The molecule has 1 unspecified atom stereocenters. The Morgan fingerprint density at radius 2 is 1.75 bits per heavy atom. The van der Waals surface area contributed by atoms with Crippen molar-refractivity contribution in [1.29, 1.82) is 0 Å². The molecule has 136 valence electrons. The Morgan fingerprint density at radius 3 is 2.04 bits per heavy atom. The Bertz CT molecular complexity index is 479. The summed E-state index contributed by atoms with van der Waals surface area (Å²) in [5, 5.41) is 1.58. The van der Waals surface area contributed by atoms with E-state index in [-0.39, 0.29) is 64.4 Å². The minimum atomic E-state index is 0. The molecule has 1 aliphatic rings. The average Bonchev–Trinajstić information content (AvgIpc) is 2.85. The summed E-state index contributed by atoms with van der Waals surface area (Å²) in [4.78, 5) is 0. The molecule has 0 nitrogen and oxygen atoms in total. The van der Waals surface area contributed by atoms with E-state index >= 15 is 0 Å². The van der Waals surface area contributed by atoms with Crippen molar-refractivity contribution < 1.29 is 21.7 Å². The van der Waals surface area contributed by atoms with E-state index in [0.717, 1.165) is 12.3 Å². The molecule has 0 amide bonds. The molecule has 1 aliphatic carbocycles. The molecule has 0 bridgehead atoms. The van der Waals surface area contributed by atoms with Crippen LogP contribution in [0.3, 0.4) is 0 Å². The number of benzene rings is 1. The van der Waals surface area contributed by atoms with E-state index in [1.54, 1.807) is 5.20 Å². The number of rotatable bonds is 2. The summed E-state index contributed by atoms with van der Waals surface area (Å²) in [7, 11) is 1.20. The van der Waals surface area contributed by atoms with Gasteiger partial charge in [0.25, 0.3) is 0 Å². The smallest absolute Gasteiger partial charge is 0.269 e. The van der Waals surface area contributed by atoms with Crippen LogP contribution in [0.2, 0.25) is 0 Å². The molecular formula is C19H31Cl3SiTi. The maximum absolute atomic E-state index is 3.42. The SMILES string of the molecule is CC(C)(C)c1[c-]cccc1.CCC(C)C1=[C-]CC=C1[SiH3].Cl.Cl.Cl.[Ti+2]. The van der Waals surface area contributed by atoms with Crippen molar-refractivity contribution in [1.82, 2.24) is 0 Å². The molecular weight excluding hydrogens is 411 g/mol. The van der Waals surface area contributed by atoms with Gasteiger partial charge in [0.15, 0.2) is 0 Å². The molecule has 0 heterocycles. The number of halogens is 3. The molecule has 5 heteroatoms. The van der Waals surface area contributed by atoms with Gasteiger partial charge in [-0.2, -0.15) is 42.0 Å². The normalized spacial score (nSPS) is 13.4. The number of allylic oxidation sites excluding steroid dienone is 4. The van der Waals surface area contributed by atoms with E-state index in [1.807, 2.05) is 12.1 Å². The fraction of sp³-hybridized carbons (Fsp3) is 0.474. The molecule has 0 saturated carbocycles. The molecule has 0 fully saturated rings. The van der Waals surface area contributed by atoms with Crippen molar-refractivity contribution in [2.45, 2.75) is 52.9 Å². The first-order valence-electron chi connectivity index (χ1n) is 7.61. The second kappa shape index (κ2) is 15.7. The number of hydrogen-bond acceptors (Lipinski definition) is 0. The maximum atomic E-state index is 3.42. The first-order chi connectivity index (χ1) is 9.36. The van der Waals surface area contributed by atoms with Crippen molar-refractivity contribution in [2.75, 3.05) is 0 Å². The topological polar surface area (TPSA) is 0 Å². The Morgan fingerprint density at radius 1 is 1.17 bits per heavy atom. The first kappa shape index (κ1) is 32.2. The molecule has 0 N–H and O–H groups in total. The fourth-order valence-corrected chi connectivity index (χ4v) is 3.06. The fourth-order valence-electron chi connectivity index (χ4n) is 2.19.